The van der Waals surface area contributed by atoms with Gasteiger partial charge in [-0.05, 0) is 54.4 Å². The number of carbonyl (C=O) groups is 1. The van der Waals surface area contributed by atoms with Crippen LogP contribution in [0.5, 0.6) is 0 Å². The van der Waals surface area contributed by atoms with Gasteiger partial charge in [-0.15, -0.1) is 0 Å². The molecule has 146 valence electrons. The van der Waals surface area contributed by atoms with Crippen LogP contribution in [0.1, 0.15) is 35.0 Å². The third-order valence-corrected chi connectivity index (χ3v) is 5.08. The van der Waals surface area contributed by atoms with E-state index in [1.807, 2.05) is 47.5 Å². The van der Waals surface area contributed by atoms with E-state index in [9.17, 15) is 4.79 Å². The first-order chi connectivity index (χ1) is 13.5. The SMILES string of the molecule is CCCN(Cc1cccn1Cc1cccc(Cl)c1)C(=O)c1cc(Cl)cc(Cl)c1. The Balaban J connectivity index is 1.81. The molecule has 0 saturated carbocycles. The average Bonchev–Trinajstić information content (AvgIpc) is 3.06. The Bertz CT molecular complexity index is 948. The molecule has 0 bridgehead atoms. The van der Waals surface area contributed by atoms with E-state index < -0.39 is 0 Å². The molecule has 0 aliphatic heterocycles. The van der Waals surface area contributed by atoms with E-state index in [2.05, 4.69) is 11.5 Å². The summed E-state index contributed by atoms with van der Waals surface area (Å²) in [7, 11) is 0. The van der Waals surface area contributed by atoms with Gasteiger partial charge in [0.25, 0.3) is 5.91 Å². The Morgan fingerprint density at radius 3 is 2.39 bits per heavy atom. The Morgan fingerprint density at radius 1 is 0.964 bits per heavy atom. The van der Waals surface area contributed by atoms with Gasteiger partial charge in [0.1, 0.15) is 0 Å². The van der Waals surface area contributed by atoms with Crippen molar-refractivity contribution in [1.29, 1.82) is 0 Å². The van der Waals surface area contributed by atoms with Crippen LogP contribution in [-0.2, 0) is 13.1 Å². The van der Waals surface area contributed by atoms with E-state index in [0.717, 1.165) is 17.7 Å². The highest BCUT2D eigenvalue weighted by atomic mass is 35.5. The van der Waals surface area contributed by atoms with E-state index in [-0.39, 0.29) is 5.91 Å². The van der Waals surface area contributed by atoms with Crippen LogP contribution >= 0.6 is 34.8 Å². The number of hydrogen-bond acceptors (Lipinski definition) is 1. The minimum atomic E-state index is -0.0817. The predicted octanol–water partition coefficient (Wildman–Crippen LogP) is 6.55. The molecule has 0 spiro atoms. The molecule has 28 heavy (non-hydrogen) atoms. The van der Waals surface area contributed by atoms with Gasteiger partial charge in [0.2, 0.25) is 0 Å². The quantitative estimate of drug-likeness (QED) is 0.413. The van der Waals surface area contributed by atoms with Crippen molar-refractivity contribution in [2.45, 2.75) is 26.4 Å². The molecule has 0 atom stereocenters. The molecule has 1 heterocycles. The fourth-order valence-electron chi connectivity index (χ4n) is 3.16. The summed E-state index contributed by atoms with van der Waals surface area (Å²) in [6.07, 6.45) is 2.87. The van der Waals surface area contributed by atoms with Crippen LogP contribution in [0.15, 0.2) is 60.8 Å². The highest BCUT2D eigenvalue weighted by Gasteiger charge is 2.18. The van der Waals surface area contributed by atoms with Crippen LogP contribution in [0.2, 0.25) is 15.1 Å². The highest BCUT2D eigenvalue weighted by Crippen LogP contribution is 2.21. The molecule has 3 aromatic rings. The lowest BCUT2D eigenvalue weighted by atomic mass is 10.2. The van der Waals surface area contributed by atoms with Gasteiger partial charge in [-0.3, -0.25) is 4.79 Å². The van der Waals surface area contributed by atoms with Gasteiger partial charge in [0.05, 0.1) is 6.54 Å². The molecule has 3 nitrogen and oxygen atoms in total. The minimum Gasteiger partial charge on any atom is -0.345 e. The summed E-state index contributed by atoms with van der Waals surface area (Å²) in [4.78, 5) is 14.9. The molecule has 0 aliphatic carbocycles. The fraction of sp³-hybridized carbons (Fsp3) is 0.227. The van der Waals surface area contributed by atoms with Crippen molar-refractivity contribution in [1.82, 2.24) is 9.47 Å². The summed E-state index contributed by atoms with van der Waals surface area (Å²) in [6, 6.07) is 16.8. The summed E-state index contributed by atoms with van der Waals surface area (Å²) in [5.41, 5.74) is 2.66. The second-order valence-corrected chi connectivity index (χ2v) is 7.95. The molecule has 0 unspecified atom stereocenters. The van der Waals surface area contributed by atoms with Gasteiger partial charge in [-0.2, -0.15) is 0 Å². The van der Waals surface area contributed by atoms with Gasteiger partial charge >= 0.3 is 0 Å². The Hall–Kier alpha value is -1.94. The lowest BCUT2D eigenvalue weighted by Gasteiger charge is -2.23. The van der Waals surface area contributed by atoms with Crippen molar-refractivity contribution in [2.75, 3.05) is 6.54 Å². The zero-order chi connectivity index (χ0) is 20.1. The van der Waals surface area contributed by atoms with Gasteiger partial charge in [0.15, 0.2) is 0 Å². The molecule has 1 amide bonds. The average molecular weight is 436 g/mol. The van der Waals surface area contributed by atoms with Crippen LogP contribution < -0.4 is 0 Å². The monoisotopic (exact) mass is 434 g/mol. The zero-order valence-electron chi connectivity index (χ0n) is 15.5. The molecule has 0 fully saturated rings. The number of halogens is 3. The smallest absolute Gasteiger partial charge is 0.254 e. The van der Waals surface area contributed by atoms with Crippen LogP contribution in [0.3, 0.4) is 0 Å². The third kappa shape index (κ3) is 5.32. The van der Waals surface area contributed by atoms with Crippen molar-refractivity contribution in [3.05, 3.63) is 92.7 Å². The molecule has 0 saturated heterocycles. The number of amides is 1. The summed E-state index contributed by atoms with van der Waals surface area (Å²) in [5, 5.41) is 1.63. The maximum absolute atomic E-state index is 13.1. The number of carbonyl (C=O) groups excluding carboxylic acids is 1. The van der Waals surface area contributed by atoms with Crippen molar-refractivity contribution < 1.29 is 4.79 Å². The molecule has 0 radical (unpaired) electrons. The first-order valence-corrected chi connectivity index (χ1v) is 10.2. The second-order valence-electron chi connectivity index (χ2n) is 6.64. The summed E-state index contributed by atoms with van der Waals surface area (Å²) in [5.74, 6) is -0.0817. The Kier molecular flexibility index (Phi) is 7.06. The number of hydrogen-bond donors (Lipinski definition) is 0. The van der Waals surface area contributed by atoms with Gasteiger partial charge in [-0.1, -0.05) is 53.9 Å². The number of rotatable bonds is 7. The van der Waals surface area contributed by atoms with Crippen LogP contribution in [-0.4, -0.2) is 21.9 Å². The number of nitrogens with zero attached hydrogens (tertiary/aromatic N) is 2. The third-order valence-electron chi connectivity index (χ3n) is 4.41. The topological polar surface area (TPSA) is 25.2 Å². The van der Waals surface area contributed by atoms with Crippen LogP contribution in [0, 0.1) is 0 Å². The van der Waals surface area contributed by atoms with Gasteiger partial charge in [-0.25, -0.2) is 0 Å². The number of benzene rings is 2. The van der Waals surface area contributed by atoms with E-state index in [1.165, 1.54) is 0 Å². The van der Waals surface area contributed by atoms with E-state index >= 15 is 0 Å². The Labute approximate surface area is 180 Å². The van der Waals surface area contributed by atoms with Crippen molar-refractivity contribution in [2.24, 2.45) is 0 Å². The molecule has 0 N–H and O–H groups in total. The summed E-state index contributed by atoms with van der Waals surface area (Å²) < 4.78 is 2.13. The Morgan fingerprint density at radius 2 is 1.71 bits per heavy atom. The normalized spacial score (nSPS) is 10.9. The predicted molar refractivity (Wildman–Crippen MR) is 116 cm³/mol. The van der Waals surface area contributed by atoms with Crippen molar-refractivity contribution in [3.63, 3.8) is 0 Å². The van der Waals surface area contributed by atoms with Gasteiger partial charge in [0, 0.05) is 45.6 Å². The first-order valence-electron chi connectivity index (χ1n) is 9.10. The second kappa shape index (κ2) is 9.51. The van der Waals surface area contributed by atoms with E-state index in [0.29, 0.717) is 40.3 Å². The standard InChI is InChI=1S/C22H21Cl3N2O/c1-2-8-27(22(28)17-11-19(24)13-20(25)12-17)15-21-7-4-9-26(21)14-16-5-3-6-18(23)10-16/h3-7,9-13H,2,8,14-15H2,1H3. The molecule has 2 aromatic carbocycles. The first kappa shape index (κ1) is 20.8. The highest BCUT2D eigenvalue weighted by molar-refractivity contribution is 6.35. The largest absolute Gasteiger partial charge is 0.345 e. The molecule has 0 aliphatic rings. The zero-order valence-corrected chi connectivity index (χ0v) is 17.8. The maximum Gasteiger partial charge on any atom is 0.254 e. The van der Waals surface area contributed by atoms with Crippen LogP contribution in [0.25, 0.3) is 0 Å². The lowest BCUT2D eigenvalue weighted by Crippen LogP contribution is -2.32. The number of aromatic nitrogens is 1. The lowest BCUT2D eigenvalue weighted by molar-refractivity contribution is 0.0739. The van der Waals surface area contributed by atoms with Crippen molar-refractivity contribution in [3.8, 4) is 0 Å². The summed E-state index contributed by atoms with van der Waals surface area (Å²) >= 11 is 18.3. The summed E-state index contributed by atoms with van der Waals surface area (Å²) in [6.45, 7) is 3.89. The molecule has 1 aromatic heterocycles. The molecule has 3 rings (SSSR count). The maximum atomic E-state index is 13.1. The van der Waals surface area contributed by atoms with Gasteiger partial charge < -0.3 is 9.47 Å². The molecular weight excluding hydrogens is 415 g/mol. The fourth-order valence-corrected chi connectivity index (χ4v) is 3.90. The molecular formula is C22H21Cl3N2O. The minimum absolute atomic E-state index is 0.0817. The van der Waals surface area contributed by atoms with E-state index in [1.54, 1.807) is 18.2 Å². The van der Waals surface area contributed by atoms with E-state index in [4.69, 9.17) is 34.8 Å². The van der Waals surface area contributed by atoms with Crippen molar-refractivity contribution >= 4 is 40.7 Å². The molecule has 6 heteroatoms. The van der Waals surface area contributed by atoms with Crippen LogP contribution in [0.4, 0.5) is 0 Å².